The van der Waals surface area contributed by atoms with Gasteiger partial charge in [0.1, 0.15) is 0 Å². The molecule has 0 atom stereocenters. The third-order valence-corrected chi connectivity index (χ3v) is 3.11. The van der Waals surface area contributed by atoms with Gasteiger partial charge >= 0.3 is 0 Å². The summed E-state index contributed by atoms with van der Waals surface area (Å²) in [7, 11) is 0. The van der Waals surface area contributed by atoms with E-state index in [1.165, 1.54) is 31.3 Å². The third kappa shape index (κ3) is 9.50. The van der Waals surface area contributed by atoms with Crippen LogP contribution < -0.4 is 0 Å². The van der Waals surface area contributed by atoms with Gasteiger partial charge in [-0.3, -0.25) is 0 Å². The zero-order chi connectivity index (χ0) is 14.6. The SMILES string of the molecule is CC/C=C(C)/C(CCCC)=C(/C)C(C)C.CCC. The van der Waals surface area contributed by atoms with Gasteiger partial charge in [0, 0.05) is 0 Å². The monoisotopic (exact) mass is 252 g/mol. The highest BCUT2D eigenvalue weighted by atomic mass is 14.1. The maximum atomic E-state index is 2.36. The molecule has 0 fully saturated rings. The second kappa shape index (κ2) is 12.9. The number of unbranched alkanes of at least 4 members (excludes halogenated alkanes) is 1. The second-order valence-electron chi connectivity index (χ2n) is 5.42. The lowest BCUT2D eigenvalue weighted by Crippen LogP contribution is -1.98. The zero-order valence-corrected chi connectivity index (χ0v) is 14.2. The van der Waals surface area contributed by atoms with E-state index >= 15 is 0 Å². The van der Waals surface area contributed by atoms with Crippen LogP contribution in [-0.2, 0) is 0 Å². The van der Waals surface area contributed by atoms with E-state index in [9.17, 15) is 0 Å². The standard InChI is InChI=1S/C15H28.C3H8/c1-7-9-11-15(13(5)10-8-2)14(6)12(3)4;1-3-2/h10,12H,7-9,11H2,1-6H3;3H2,1-2H3/b13-10+,15-14-;. The molecule has 0 aromatic heterocycles. The van der Waals surface area contributed by atoms with Crippen molar-refractivity contribution in [2.75, 3.05) is 0 Å². The molecule has 0 N–H and O–H groups in total. The molecule has 0 saturated carbocycles. The van der Waals surface area contributed by atoms with Crippen LogP contribution in [0.15, 0.2) is 22.8 Å². The van der Waals surface area contributed by atoms with Gasteiger partial charge in [0.05, 0.1) is 0 Å². The molecule has 0 aromatic rings. The van der Waals surface area contributed by atoms with Crippen molar-refractivity contribution in [3.8, 4) is 0 Å². The summed E-state index contributed by atoms with van der Waals surface area (Å²) in [4.78, 5) is 0. The molecule has 108 valence electrons. The first-order valence-electron chi connectivity index (χ1n) is 7.82. The highest BCUT2D eigenvalue weighted by Crippen LogP contribution is 2.25. The van der Waals surface area contributed by atoms with Gasteiger partial charge in [-0.25, -0.2) is 0 Å². The van der Waals surface area contributed by atoms with E-state index in [4.69, 9.17) is 0 Å². The van der Waals surface area contributed by atoms with Crippen molar-refractivity contribution in [3.05, 3.63) is 22.8 Å². The summed E-state index contributed by atoms with van der Waals surface area (Å²) in [6.45, 7) is 17.9. The zero-order valence-electron chi connectivity index (χ0n) is 14.2. The maximum absolute atomic E-state index is 2.36. The number of hydrogen-bond acceptors (Lipinski definition) is 0. The molecule has 0 nitrogen and oxygen atoms in total. The Morgan fingerprint density at radius 2 is 1.50 bits per heavy atom. The fourth-order valence-electron chi connectivity index (χ4n) is 1.84. The molecule has 0 heterocycles. The van der Waals surface area contributed by atoms with E-state index in [0.29, 0.717) is 5.92 Å². The Morgan fingerprint density at radius 1 is 1.00 bits per heavy atom. The van der Waals surface area contributed by atoms with E-state index in [0.717, 1.165) is 6.42 Å². The van der Waals surface area contributed by atoms with Gasteiger partial charge < -0.3 is 0 Å². The van der Waals surface area contributed by atoms with Crippen molar-refractivity contribution >= 4 is 0 Å². The summed E-state index contributed by atoms with van der Waals surface area (Å²) in [5.41, 5.74) is 4.68. The molecular weight excluding hydrogens is 216 g/mol. The molecule has 0 amide bonds. The Kier molecular flexibility index (Phi) is 14.2. The summed E-state index contributed by atoms with van der Waals surface area (Å²) in [6, 6.07) is 0. The molecule has 0 aliphatic heterocycles. The predicted octanol–water partition coefficient (Wildman–Crippen LogP) is 6.92. The van der Waals surface area contributed by atoms with Crippen molar-refractivity contribution < 1.29 is 0 Å². The van der Waals surface area contributed by atoms with Gasteiger partial charge in [0.25, 0.3) is 0 Å². The fourth-order valence-corrected chi connectivity index (χ4v) is 1.84. The number of hydrogen-bond donors (Lipinski definition) is 0. The lowest BCUT2D eigenvalue weighted by molar-refractivity contribution is 0.722. The smallest absolute Gasteiger partial charge is 0.0257 e. The topological polar surface area (TPSA) is 0 Å². The van der Waals surface area contributed by atoms with E-state index < -0.39 is 0 Å². The van der Waals surface area contributed by atoms with Crippen molar-refractivity contribution in [2.24, 2.45) is 5.92 Å². The highest BCUT2D eigenvalue weighted by Gasteiger charge is 2.07. The lowest BCUT2D eigenvalue weighted by atomic mass is 9.90. The molecule has 0 saturated heterocycles. The molecule has 0 bridgehead atoms. The Labute approximate surface area is 117 Å². The highest BCUT2D eigenvalue weighted by molar-refractivity contribution is 5.33. The predicted molar refractivity (Wildman–Crippen MR) is 87.1 cm³/mol. The van der Waals surface area contributed by atoms with Crippen LogP contribution in [0.2, 0.25) is 0 Å². The van der Waals surface area contributed by atoms with Crippen molar-refractivity contribution in [3.63, 3.8) is 0 Å². The minimum Gasteiger partial charge on any atom is -0.0816 e. The quantitative estimate of drug-likeness (QED) is 0.450. The Balaban J connectivity index is 0. The molecule has 0 heteroatoms. The number of allylic oxidation sites excluding steroid dienone is 4. The largest absolute Gasteiger partial charge is 0.0816 e. The van der Waals surface area contributed by atoms with E-state index in [2.05, 4.69) is 61.5 Å². The third-order valence-electron chi connectivity index (χ3n) is 3.11. The summed E-state index contributed by atoms with van der Waals surface area (Å²) in [5, 5.41) is 0. The van der Waals surface area contributed by atoms with Gasteiger partial charge in [-0.05, 0) is 44.6 Å². The van der Waals surface area contributed by atoms with Crippen LogP contribution in [0.3, 0.4) is 0 Å². The van der Waals surface area contributed by atoms with E-state index in [-0.39, 0.29) is 0 Å². The van der Waals surface area contributed by atoms with Crippen molar-refractivity contribution in [1.29, 1.82) is 0 Å². The van der Waals surface area contributed by atoms with E-state index in [1.807, 2.05) is 0 Å². The molecule has 18 heavy (non-hydrogen) atoms. The van der Waals surface area contributed by atoms with Gasteiger partial charge in [-0.2, -0.15) is 0 Å². The summed E-state index contributed by atoms with van der Waals surface area (Å²) < 4.78 is 0. The second-order valence-corrected chi connectivity index (χ2v) is 5.42. The van der Waals surface area contributed by atoms with Crippen LogP contribution in [0.5, 0.6) is 0 Å². The molecule has 0 aromatic carbocycles. The first kappa shape index (κ1) is 19.8. The minimum atomic E-state index is 0.678. The Hall–Kier alpha value is -0.520. The first-order chi connectivity index (χ1) is 8.45. The van der Waals surface area contributed by atoms with Gasteiger partial charge in [0.2, 0.25) is 0 Å². The average molecular weight is 252 g/mol. The molecule has 0 aliphatic rings. The van der Waals surface area contributed by atoms with Crippen LogP contribution in [-0.4, -0.2) is 0 Å². The molecule has 0 aliphatic carbocycles. The van der Waals surface area contributed by atoms with Crippen LogP contribution in [0.1, 0.15) is 87.5 Å². The molecule has 0 unspecified atom stereocenters. The van der Waals surface area contributed by atoms with E-state index in [1.54, 1.807) is 11.1 Å². The summed E-state index contributed by atoms with van der Waals surface area (Å²) in [5.74, 6) is 0.678. The van der Waals surface area contributed by atoms with Crippen molar-refractivity contribution in [2.45, 2.75) is 87.5 Å². The summed E-state index contributed by atoms with van der Waals surface area (Å²) >= 11 is 0. The van der Waals surface area contributed by atoms with Crippen LogP contribution >= 0.6 is 0 Å². The van der Waals surface area contributed by atoms with Crippen LogP contribution in [0.4, 0.5) is 0 Å². The normalized spacial score (nSPS) is 13.1. The summed E-state index contributed by atoms with van der Waals surface area (Å²) in [6.07, 6.45) is 8.61. The molecule has 0 radical (unpaired) electrons. The molecule has 0 rings (SSSR count). The van der Waals surface area contributed by atoms with Crippen LogP contribution in [0, 0.1) is 5.92 Å². The fraction of sp³-hybridized carbons (Fsp3) is 0.778. The molecule has 0 spiro atoms. The van der Waals surface area contributed by atoms with Gasteiger partial charge in [0.15, 0.2) is 0 Å². The number of rotatable bonds is 6. The van der Waals surface area contributed by atoms with Gasteiger partial charge in [-0.15, -0.1) is 0 Å². The lowest BCUT2D eigenvalue weighted by Gasteiger charge is -2.16. The van der Waals surface area contributed by atoms with Crippen LogP contribution in [0.25, 0.3) is 0 Å². The Bertz CT molecular complexity index is 241. The van der Waals surface area contributed by atoms with Crippen molar-refractivity contribution in [1.82, 2.24) is 0 Å². The minimum absolute atomic E-state index is 0.678. The van der Waals surface area contributed by atoms with Gasteiger partial charge in [-0.1, -0.05) is 71.6 Å². The first-order valence-corrected chi connectivity index (χ1v) is 7.82. The molecular formula is C18H36. The Morgan fingerprint density at radius 3 is 1.83 bits per heavy atom. The average Bonchev–Trinajstić information content (AvgIpc) is 2.30. The maximum Gasteiger partial charge on any atom is -0.0257 e.